The Morgan fingerprint density at radius 2 is 2.25 bits per heavy atom. The summed E-state index contributed by atoms with van der Waals surface area (Å²) in [5.74, 6) is -0.818. The molecule has 0 aromatic carbocycles. The third kappa shape index (κ3) is 1.47. The van der Waals surface area contributed by atoms with Crippen molar-refractivity contribution >= 4 is 11.7 Å². The lowest BCUT2D eigenvalue weighted by Gasteiger charge is -2.00. The molecule has 0 amide bonds. The van der Waals surface area contributed by atoms with Gasteiger partial charge in [0, 0.05) is 11.3 Å². The molecule has 0 bridgehead atoms. The number of carbonyl (C=O) groups is 1. The fraction of sp³-hybridized carbons (Fsp3) is 0.500. The van der Waals surface area contributed by atoms with Crippen LogP contribution in [0.1, 0.15) is 19.8 Å². The van der Waals surface area contributed by atoms with Crippen molar-refractivity contribution in [2.75, 3.05) is 0 Å². The van der Waals surface area contributed by atoms with Crippen LogP contribution < -0.4 is 5.73 Å². The molecule has 0 aromatic rings. The van der Waals surface area contributed by atoms with Crippen LogP contribution in [0.25, 0.3) is 0 Å². The molecule has 0 aliphatic heterocycles. The lowest BCUT2D eigenvalue weighted by atomic mass is 10.1. The number of rotatable bonds is 2. The monoisotopic (exact) mass is 168 g/mol. The molecule has 1 atom stereocenters. The van der Waals surface area contributed by atoms with E-state index in [1.54, 1.807) is 0 Å². The molecular weight excluding hydrogens is 156 g/mol. The van der Waals surface area contributed by atoms with Gasteiger partial charge in [0.15, 0.2) is 0 Å². The predicted octanol–water partition coefficient (Wildman–Crippen LogP) is 0.733. The first-order valence-corrected chi connectivity index (χ1v) is 3.82. The molecule has 0 spiro atoms. The van der Waals surface area contributed by atoms with E-state index in [0.717, 1.165) is 0 Å². The fourth-order valence-electron chi connectivity index (χ4n) is 1.44. The van der Waals surface area contributed by atoms with Gasteiger partial charge in [-0.05, 0) is 18.8 Å². The van der Waals surface area contributed by atoms with E-state index in [1.807, 2.05) is 6.92 Å². The van der Waals surface area contributed by atoms with Gasteiger partial charge < -0.3 is 10.8 Å². The van der Waals surface area contributed by atoms with E-state index in [0.29, 0.717) is 30.0 Å². The van der Waals surface area contributed by atoms with Crippen molar-refractivity contribution in [3.63, 3.8) is 0 Å². The van der Waals surface area contributed by atoms with Gasteiger partial charge in [-0.3, -0.25) is 5.41 Å². The van der Waals surface area contributed by atoms with Gasteiger partial charge in [-0.1, -0.05) is 6.92 Å². The van der Waals surface area contributed by atoms with Crippen molar-refractivity contribution < 1.29 is 9.90 Å². The second-order valence-electron chi connectivity index (χ2n) is 3.20. The summed E-state index contributed by atoms with van der Waals surface area (Å²) in [6.07, 6.45) is 1.34. The Hall–Kier alpha value is -1.32. The number of allylic oxidation sites excluding steroid dienone is 1. The van der Waals surface area contributed by atoms with Crippen LogP contribution in [0.3, 0.4) is 0 Å². The molecule has 0 aromatic heterocycles. The lowest BCUT2D eigenvalue weighted by molar-refractivity contribution is -0.129. The standard InChI is InChI=1S/C8H12N2O2/c1-4-2-5(6(9)3-4)7(10)8(11)12/h4,10H,2-3,9H2,1H3,(H,11,12). The number of nitrogens with two attached hydrogens (primary N) is 1. The highest BCUT2D eigenvalue weighted by Crippen LogP contribution is 2.28. The number of hydrogen-bond donors (Lipinski definition) is 3. The van der Waals surface area contributed by atoms with Crippen molar-refractivity contribution in [3.05, 3.63) is 11.3 Å². The van der Waals surface area contributed by atoms with Crippen molar-refractivity contribution in [1.29, 1.82) is 5.41 Å². The maximum Gasteiger partial charge on any atom is 0.354 e. The fourth-order valence-corrected chi connectivity index (χ4v) is 1.44. The number of nitrogens with one attached hydrogen (secondary N) is 1. The number of aliphatic carboxylic acids is 1. The molecular formula is C8H12N2O2. The molecule has 4 heteroatoms. The van der Waals surface area contributed by atoms with E-state index < -0.39 is 5.97 Å². The second kappa shape index (κ2) is 2.97. The molecule has 4 nitrogen and oxygen atoms in total. The van der Waals surface area contributed by atoms with Crippen molar-refractivity contribution in [2.45, 2.75) is 19.8 Å². The normalized spacial score (nSPS) is 22.9. The largest absolute Gasteiger partial charge is 0.477 e. The number of carboxylic acids is 1. The smallest absolute Gasteiger partial charge is 0.354 e. The first-order valence-electron chi connectivity index (χ1n) is 3.82. The van der Waals surface area contributed by atoms with E-state index >= 15 is 0 Å². The Bertz CT molecular complexity index is 268. The van der Waals surface area contributed by atoms with Crippen molar-refractivity contribution in [2.24, 2.45) is 11.7 Å². The van der Waals surface area contributed by atoms with Crippen LogP contribution in [-0.2, 0) is 4.79 Å². The Labute approximate surface area is 70.6 Å². The minimum Gasteiger partial charge on any atom is -0.477 e. The summed E-state index contributed by atoms with van der Waals surface area (Å²) in [5, 5.41) is 15.8. The Morgan fingerprint density at radius 3 is 2.58 bits per heavy atom. The SMILES string of the molecule is CC1CC(N)=C(C(=N)C(=O)O)C1. The molecule has 0 saturated heterocycles. The summed E-state index contributed by atoms with van der Waals surface area (Å²) in [4.78, 5) is 10.4. The maximum atomic E-state index is 10.4. The highest BCUT2D eigenvalue weighted by Gasteiger charge is 2.24. The average Bonchev–Trinajstić information content (AvgIpc) is 2.28. The Balaban J connectivity index is 2.83. The van der Waals surface area contributed by atoms with Gasteiger partial charge >= 0.3 is 5.97 Å². The van der Waals surface area contributed by atoms with Crippen LogP contribution in [0.4, 0.5) is 0 Å². The van der Waals surface area contributed by atoms with E-state index in [-0.39, 0.29) is 5.71 Å². The summed E-state index contributed by atoms with van der Waals surface area (Å²) in [6, 6.07) is 0. The third-order valence-corrected chi connectivity index (χ3v) is 2.02. The second-order valence-corrected chi connectivity index (χ2v) is 3.20. The van der Waals surface area contributed by atoms with Gasteiger partial charge in [0.1, 0.15) is 5.71 Å². The summed E-state index contributed by atoms with van der Waals surface area (Å²) in [5.41, 5.74) is 6.31. The van der Waals surface area contributed by atoms with Crippen LogP contribution in [-0.4, -0.2) is 16.8 Å². The predicted molar refractivity (Wildman–Crippen MR) is 45.0 cm³/mol. The molecule has 0 saturated carbocycles. The third-order valence-electron chi connectivity index (χ3n) is 2.02. The molecule has 4 N–H and O–H groups in total. The first kappa shape index (κ1) is 8.77. The summed E-state index contributed by atoms with van der Waals surface area (Å²) in [7, 11) is 0. The van der Waals surface area contributed by atoms with Gasteiger partial charge in [-0.15, -0.1) is 0 Å². The average molecular weight is 168 g/mol. The summed E-state index contributed by atoms with van der Waals surface area (Å²) >= 11 is 0. The molecule has 0 fully saturated rings. The van der Waals surface area contributed by atoms with Crippen molar-refractivity contribution in [1.82, 2.24) is 0 Å². The van der Waals surface area contributed by atoms with Crippen LogP contribution in [0, 0.1) is 11.3 Å². The molecule has 0 radical (unpaired) electrons. The van der Waals surface area contributed by atoms with E-state index in [4.69, 9.17) is 16.2 Å². The minimum atomic E-state index is -1.19. The highest BCUT2D eigenvalue weighted by atomic mass is 16.4. The quantitative estimate of drug-likeness (QED) is 0.531. The molecule has 1 rings (SSSR count). The zero-order valence-corrected chi connectivity index (χ0v) is 6.92. The summed E-state index contributed by atoms with van der Waals surface area (Å²) in [6.45, 7) is 2.00. The minimum absolute atomic E-state index is 0.350. The summed E-state index contributed by atoms with van der Waals surface area (Å²) < 4.78 is 0. The van der Waals surface area contributed by atoms with Gasteiger partial charge in [0.2, 0.25) is 0 Å². The molecule has 1 aliphatic rings. The van der Waals surface area contributed by atoms with E-state index in [2.05, 4.69) is 0 Å². The zero-order chi connectivity index (χ0) is 9.30. The number of carboxylic acid groups (broad SMARTS) is 1. The topological polar surface area (TPSA) is 87.2 Å². The maximum absolute atomic E-state index is 10.4. The molecule has 1 unspecified atom stereocenters. The lowest BCUT2D eigenvalue weighted by Crippen LogP contribution is -2.16. The van der Waals surface area contributed by atoms with Crippen molar-refractivity contribution in [3.8, 4) is 0 Å². The van der Waals surface area contributed by atoms with E-state index in [1.165, 1.54) is 0 Å². The Kier molecular flexibility index (Phi) is 2.17. The molecule has 12 heavy (non-hydrogen) atoms. The molecule has 1 aliphatic carbocycles. The first-order chi connectivity index (χ1) is 5.52. The van der Waals surface area contributed by atoms with Gasteiger partial charge in [0.05, 0.1) is 0 Å². The number of hydrogen-bond acceptors (Lipinski definition) is 3. The molecule has 0 heterocycles. The van der Waals surface area contributed by atoms with E-state index in [9.17, 15) is 4.79 Å². The van der Waals surface area contributed by atoms with Crippen LogP contribution in [0.15, 0.2) is 11.3 Å². The van der Waals surface area contributed by atoms with Gasteiger partial charge in [0.25, 0.3) is 0 Å². The van der Waals surface area contributed by atoms with Crippen LogP contribution in [0.5, 0.6) is 0 Å². The zero-order valence-electron chi connectivity index (χ0n) is 6.92. The van der Waals surface area contributed by atoms with Gasteiger partial charge in [-0.2, -0.15) is 0 Å². The van der Waals surface area contributed by atoms with Crippen LogP contribution >= 0.6 is 0 Å². The van der Waals surface area contributed by atoms with Crippen LogP contribution in [0.2, 0.25) is 0 Å². The van der Waals surface area contributed by atoms with Gasteiger partial charge in [-0.25, -0.2) is 4.79 Å². The molecule has 66 valence electrons. The Morgan fingerprint density at radius 1 is 1.67 bits per heavy atom. The highest BCUT2D eigenvalue weighted by molar-refractivity contribution is 6.41.